The molecular formula is C32H45NO6. The largest absolute Gasteiger partial charge is 0.491 e. The maximum atomic E-state index is 13.6. The van der Waals surface area contributed by atoms with Crippen molar-refractivity contribution in [3.8, 4) is 0 Å². The van der Waals surface area contributed by atoms with Gasteiger partial charge < -0.3 is 24.6 Å². The summed E-state index contributed by atoms with van der Waals surface area (Å²) < 4.78 is 11.3. The minimum atomic E-state index is -0.986. The van der Waals surface area contributed by atoms with E-state index in [2.05, 4.69) is 6.92 Å². The smallest absolute Gasteiger partial charge is 0.312 e. The van der Waals surface area contributed by atoms with Crippen LogP contribution in [-0.2, 0) is 25.5 Å². The fraction of sp³-hybridized carbons (Fsp3) is 0.562. The van der Waals surface area contributed by atoms with Crippen molar-refractivity contribution in [3.63, 3.8) is 0 Å². The van der Waals surface area contributed by atoms with E-state index in [1.807, 2.05) is 83.2 Å². The summed E-state index contributed by atoms with van der Waals surface area (Å²) in [7, 11) is 0. The molecule has 0 bridgehead atoms. The average molecular weight is 540 g/mol. The molecule has 1 aromatic rings. The highest BCUT2D eigenvalue weighted by Gasteiger charge is 2.41. The fourth-order valence-electron chi connectivity index (χ4n) is 5.25. The van der Waals surface area contributed by atoms with E-state index in [0.717, 1.165) is 17.5 Å². The number of benzene rings is 1. The van der Waals surface area contributed by atoms with Gasteiger partial charge in [0.1, 0.15) is 25.1 Å². The van der Waals surface area contributed by atoms with Crippen molar-refractivity contribution in [3.05, 3.63) is 65.5 Å². The van der Waals surface area contributed by atoms with E-state index < -0.39 is 11.5 Å². The van der Waals surface area contributed by atoms with Gasteiger partial charge in [0.15, 0.2) is 0 Å². The monoisotopic (exact) mass is 539 g/mol. The molecule has 0 spiro atoms. The van der Waals surface area contributed by atoms with Gasteiger partial charge in [0.25, 0.3) is 5.91 Å². The van der Waals surface area contributed by atoms with Crippen molar-refractivity contribution in [2.75, 3.05) is 26.4 Å². The van der Waals surface area contributed by atoms with Crippen LogP contribution in [-0.4, -0.2) is 65.5 Å². The van der Waals surface area contributed by atoms with Crippen LogP contribution in [0.3, 0.4) is 0 Å². The molecule has 0 saturated heterocycles. The van der Waals surface area contributed by atoms with Crippen molar-refractivity contribution in [1.29, 1.82) is 0 Å². The second kappa shape index (κ2) is 13.4. The minimum absolute atomic E-state index is 0.00769. The Morgan fingerprint density at radius 1 is 1.10 bits per heavy atom. The lowest BCUT2D eigenvalue weighted by Crippen LogP contribution is -2.48. The third-order valence-electron chi connectivity index (χ3n) is 8.36. The minimum Gasteiger partial charge on any atom is -0.491 e. The Morgan fingerprint density at radius 3 is 2.44 bits per heavy atom. The zero-order valence-electron chi connectivity index (χ0n) is 24.2. The summed E-state index contributed by atoms with van der Waals surface area (Å²) in [5.74, 6) is 0.315. The highest BCUT2D eigenvalue weighted by atomic mass is 16.5. The van der Waals surface area contributed by atoms with Crippen LogP contribution >= 0.6 is 0 Å². The van der Waals surface area contributed by atoms with Gasteiger partial charge in [-0.15, -0.1) is 0 Å². The topological polar surface area (TPSA) is 96.3 Å². The van der Waals surface area contributed by atoms with Crippen molar-refractivity contribution in [1.82, 2.24) is 4.90 Å². The van der Waals surface area contributed by atoms with Crippen molar-refractivity contribution >= 4 is 17.4 Å². The van der Waals surface area contributed by atoms with E-state index in [1.54, 1.807) is 4.90 Å². The third-order valence-corrected chi connectivity index (χ3v) is 8.36. The third kappa shape index (κ3) is 6.82. The summed E-state index contributed by atoms with van der Waals surface area (Å²) in [5.41, 5.74) is 2.11. The number of aryl methyl sites for hydroxylation is 1. The molecule has 0 aromatic heterocycles. The number of rotatable bonds is 13. The van der Waals surface area contributed by atoms with Crippen LogP contribution in [0.25, 0.3) is 5.57 Å². The molecule has 214 valence electrons. The second-order valence-corrected chi connectivity index (χ2v) is 11.3. The molecule has 0 fully saturated rings. The number of aliphatic hydroxyl groups excluding tert-OH is 2. The van der Waals surface area contributed by atoms with Crippen molar-refractivity contribution in [2.45, 2.75) is 66.5 Å². The maximum Gasteiger partial charge on any atom is 0.312 e. The Kier molecular flexibility index (Phi) is 10.6. The zero-order chi connectivity index (χ0) is 28.7. The number of amides is 1. The number of hydrogen-bond donors (Lipinski definition) is 2. The van der Waals surface area contributed by atoms with E-state index in [4.69, 9.17) is 9.47 Å². The average Bonchev–Trinajstić information content (AvgIpc) is 2.93. The summed E-state index contributed by atoms with van der Waals surface area (Å²) in [6, 6.07) is 7.71. The van der Waals surface area contributed by atoms with Gasteiger partial charge in [0.05, 0.1) is 11.5 Å². The number of nitrogens with zero attached hydrogens (tertiary/aromatic N) is 1. The first-order valence-electron chi connectivity index (χ1n) is 14.1. The van der Waals surface area contributed by atoms with Crippen LogP contribution < -0.4 is 0 Å². The number of ether oxygens (including phenoxy) is 2. The molecule has 2 N–H and O–H groups in total. The normalized spacial score (nSPS) is 20.1. The van der Waals surface area contributed by atoms with E-state index >= 15 is 0 Å². The molecule has 1 aliphatic heterocycles. The molecule has 1 heterocycles. The predicted molar refractivity (Wildman–Crippen MR) is 152 cm³/mol. The molecule has 3 rings (SSSR count). The summed E-state index contributed by atoms with van der Waals surface area (Å²) in [4.78, 5) is 28.2. The van der Waals surface area contributed by atoms with Gasteiger partial charge in [-0.25, -0.2) is 0 Å². The maximum absolute atomic E-state index is 13.6. The fourth-order valence-corrected chi connectivity index (χ4v) is 5.25. The van der Waals surface area contributed by atoms with Gasteiger partial charge in [0.2, 0.25) is 0 Å². The van der Waals surface area contributed by atoms with Crippen LogP contribution in [0, 0.1) is 23.2 Å². The summed E-state index contributed by atoms with van der Waals surface area (Å²) in [6.07, 6.45) is 8.10. The van der Waals surface area contributed by atoms with Gasteiger partial charge in [-0.2, -0.15) is 0 Å². The lowest BCUT2D eigenvalue weighted by atomic mass is 9.70. The molecule has 3 unspecified atom stereocenters. The van der Waals surface area contributed by atoms with E-state index in [1.165, 1.54) is 0 Å². The van der Waals surface area contributed by atoms with Gasteiger partial charge in [-0.05, 0) is 54.9 Å². The zero-order valence-corrected chi connectivity index (χ0v) is 24.2. The van der Waals surface area contributed by atoms with E-state index in [9.17, 15) is 19.8 Å². The van der Waals surface area contributed by atoms with Gasteiger partial charge >= 0.3 is 5.97 Å². The Balaban J connectivity index is 1.70. The molecule has 0 saturated carbocycles. The number of allylic oxidation sites excluding steroid dienone is 1. The van der Waals surface area contributed by atoms with Crippen LogP contribution in [0.4, 0.5) is 0 Å². The Hall–Kier alpha value is -2.90. The number of esters is 1. The first-order valence-corrected chi connectivity index (χ1v) is 14.1. The van der Waals surface area contributed by atoms with Crippen LogP contribution in [0.2, 0.25) is 0 Å². The SMILES string of the molecule is CCc1ccccc1C1=CC2C=CC(OCC(O)COC(=O)C(C)(C(C)C)C(C)C)=CC2N(CCCO)C1=O. The Morgan fingerprint density at radius 2 is 1.79 bits per heavy atom. The molecule has 39 heavy (non-hydrogen) atoms. The first kappa shape index (κ1) is 30.6. The first-order chi connectivity index (χ1) is 18.5. The molecule has 7 heteroatoms. The van der Waals surface area contributed by atoms with Crippen LogP contribution in [0.15, 0.2) is 54.3 Å². The quantitative estimate of drug-likeness (QED) is 0.358. The standard InChI is InChI=1S/C32H45NO6/c1-7-23-11-8-9-12-27(23)28-17-24-13-14-26(18-29(24)33(30(28)36)15-10-16-34)38-19-25(35)20-39-31(37)32(6,21(2)3)22(4)5/h8-9,11-14,17-18,21-22,24-25,29,34-35H,7,10,15-16,19-20H2,1-6H3. The Labute approximate surface area is 233 Å². The summed E-state index contributed by atoms with van der Waals surface area (Å²) in [5, 5.41) is 19.9. The lowest BCUT2D eigenvalue weighted by molar-refractivity contribution is -0.164. The van der Waals surface area contributed by atoms with Crippen molar-refractivity contribution < 1.29 is 29.3 Å². The van der Waals surface area contributed by atoms with Crippen LogP contribution in [0.1, 0.15) is 59.1 Å². The van der Waals surface area contributed by atoms with Crippen LogP contribution in [0.5, 0.6) is 0 Å². The lowest BCUT2D eigenvalue weighted by Gasteiger charge is -2.39. The van der Waals surface area contributed by atoms with E-state index in [0.29, 0.717) is 24.3 Å². The molecule has 0 radical (unpaired) electrons. The second-order valence-electron chi connectivity index (χ2n) is 11.3. The highest BCUT2D eigenvalue weighted by molar-refractivity contribution is 6.20. The summed E-state index contributed by atoms with van der Waals surface area (Å²) in [6.45, 7) is 12.2. The van der Waals surface area contributed by atoms with Gasteiger partial charge in [-0.3, -0.25) is 9.59 Å². The Bertz CT molecular complexity index is 1090. The number of carbonyl (C=O) groups excluding carboxylic acids is 2. The molecule has 3 atom stereocenters. The molecule has 1 aromatic carbocycles. The van der Waals surface area contributed by atoms with Gasteiger partial charge in [0, 0.05) is 24.6 Å². The molecule has 7 nitrogen and oxygen atoms in total. The highest BCUT2D eigenvalue weighted by Crippen LogP contribution is 2.37. The van der Waals surface area contributed by atoms with Crippen molar-refractivity contribution in [2.24, 2.45) is 23.2 Å². The molecule has 1 amide bonds. The molecule has 1 aliphatic carbocycles. The summed E-state index contributed by atoms with van der Waals surface area (Å²) >= 11 is 0. The number of fused-ring (bicyclic) bond motifs is 1. The number of hydrogen-bond acceptors (Lipinski definition) is 6. The van der Waals surface area contributed by atoms with Gasteiger partial charge in [-0.1, -0.05) is 71.0 Å². The molecular weight excluding hydrogens is 494 g/mol. The predicted octanol–water partition coefficient (Wildman–Crippen LogP) is 4.53. The number of carbonyl (C=O) groups is 2. The number of aliphatic hydroxyl groups is 2. The molecule has 2 aliphatic rings. The van der Waals surface area contributed by atoms with E-state index in [-0.39, 0.29) is 55.5 Å².